The highest BCUT2D eigenvalue weighted by Crippen LogP contribution is 2.48. The van der Waals surface area contributed by atoms with Crippen LogP contribution in [0.25, 0.3) is 0 Å². The van der Waals surface area contributed by atoms with Crippen molar-refractivity contribution in [2.24, 2.45) is 5.41 Å². The van der Waals surface area contributed by atoms with Gasteiger partial charge in [0.05, 0.1) is 5.60 Å². The second-order valence-corrected chi connectivity index (χ2v) is 6.96. The van der Waals surface area contributed by atoms with Gasteiger partial charge >= 0.3 is 0 Å². The summed E-state index contributed by atoms with van der Waals surface area (Å²) < 4.78 is 12.9. The molecule has 124 valence electrons. The van der Waals surface area contributed by atoms with Gasteiger partial charge in [-0.3, -0.25) is 9.59 Å². The van der Waals surface area contributed by atoms with E-state index in [9.17, 15) is 19.1 Å². The van der Waals surface area contributed by atoms with Gasteiger partial charge in [0.1, 0.15) is 17.0 Å². The maximum Gasteiger partial charge on any atom is 0.236 e. The maximum absolute atomic E-state index is 12.9. The molecule has 1 heterocycles. The minimum absolute atomic E-state index is 0.0466. The molecule has 5 heteroatoms. The molecular weight excluding hydrogens is 297 g/mol. The van der Waals surface area contributed by atoms with Gasteiger partial charge in [-0.2, -0.15) is 0 Å². The third kappa shape index (κ3) is 3.15. The highest BCUT2D eigenvalue weighted by atomic mass is 19.1. The summed E-state index contributed by atoms with van der Waals surface area (Å²) in [5, 5.41) is 10.7. The topological polar surface area (TPSA) is 57.6 Å². The zero-order valence-corrected chi connectivity index (χ0v) is 13.3. The smallest absolute Gasteiger partial charge is 0.236 e. The van der Waals surface area contributed by atoms with Crippen LogP contribution in [0.5, 0.6) is 0 Å². The van der Waals surface area contributed by atoms with Crippen molar-refractivity contribution in [1.82, 2.24) is 4.90 Å². The number of hydrogen-bond donors (Lipinski definition) is 1. The second-order valence-electron chi connectivity index (χ2n) is 6.96. The first-order valence-electron chi connectivity index (χ1n) is 8.12. The predicted molar refractivity (Wildman–Crippen MR) is 83.2 cm³/mol. The predicted octanol–water partition coefficient (Wildman–Crippen LogP) is 2.09. The van der Waals surface area contributed by atoms with E-state index in [1.165, 1.54) is 19.1 Å². The number of Topliss-reactive ketones (excluding diaryl/α,β-unsaturated/α-hetero) is 1. The van der Waals surface area contributed by atoms with Crippen LogP contribution in [0.15, 0.2) is 24.3 Å². The lowest BCUT2D eigenvalue weighted by Crippen LogP contribution is -2.50. The fraction of sp³-hybridized carbons (Fsp3) is 0.556. The number of nitrogens with zero attached hydrogens (tertiary/aromatic N) is 1. The lowest BCUT2D eigenvalue weighted by Gasteiger charge is -2.39. The Morgan fingerprint density at radius 3 is 2.17 bits per heavy atom. The third-order valence-corrected chi connectivity index (χ3v) is 5.26. The average Bonchev–Trinajstić information content (AvgIpc) is 3.31. The monoisotopic (exact) mass is 319 g/mol. The normalized spacial score (nSPS) is 21.8. The molecule has 1 aliphatic carbocycles. The number of ketones is 1. The van der Waals surface area contributed by atoms with Crippen molar-refractivity contribution in [2.75, 3.05) is 13.1 Å². The minimum atomic E-state index is -0.873. The van der Waals surface area contributed by atoms with E-state index in [0.717, 1.165) is 5.56 Å². The largest absolute Gasteiger partial charge is 0.389 e. The van der Waals surface area contributed by atoms with Crippen LogP contribution in [0.2, 0.25) is 0 Å². The summed E-state index contributed by atoms with van der Waals surface area (Å²) in [6, 6.07) is 6.14. The third-order valence-electron chi connectivity index (χ3n) is 5.26. The molecule has 0 bridgehead atoms. The van der Waals surface area contributed by atoms with Gasteiger partial charge in [0.15, 0.2) is 0 Å². The number of hydrogen-bond acceptors (Lipinski definition) is 3. The van der Waals surface area contributed by atoms with Crippen molar-refractivity contribution in [3.8, 4) is 0 Å². The molecule has 0 radical (unpaired) electrons. The van der Waals surface area contributed by atoms with E-state index in [-0.39, 0.29) is 17.5 Å². The van der Waals surface area contributed by atoms with Gasteiger partial charge in [0.2, 0.25) is 5.91 Å². The Balaban J connectivity index is 1.60. The quantitative estimate of drug-likeness (QED) is 0.865. The minimum Gasteiger partial charge on any atom is -0.389 e. The van der Waals surface area contributed by atoms with Crippen LogP contribution in [-0.4, -0.2) is 40.4 Å². The van der Waals surface area contributed by atoms with Crippen molar-refractivity contribution in [3.63, 3.8) is 0 Å². The van der Waals surface area contributed by atoms with Gasteiger partial charge in [-0.05, 0) is 50.3 Å². The van der Waals surface area contributed by atoms with E-state index < -0.39 is 11.0 Å². The number of piperidine rings is 1. The number of carbonyl (C=O) groups is 2. The van der Waals surface area contributed by atoms with Crippen LogP contribution < -0.4 is 0 Å². The van der Waals surface area contributed by atoms with E-state index in [0.29, 0.717) is 45.2 Å². The number of carbonyl (C=O) groups excluding carboxylic acids is 2. The van der Waals surface area contributed by atoms with Gasteiger partial charge in [-0.25, -0.2) is 4.39 Å². The van der Waals surface area contributed by atoms with Crippen molar-refractivity contribution in [3.05, 3.63) is 35.6 Å². The van der Waals surface area contributed by atoms with Crippen molar-refractivity contribution < 1.29 is 19.1 Å². The number of benzene rings is 1. The first-order chi connectivity index (χ1) is 10.8. The number of halogens is 1. The van der Waals surface area contributed by atoms with Gasteiger partial charge < -0.3 is 10.0 Å². The summed E-state index contributed by atoms with van der Waals surface area (Å²) >= 11 is 0. The van der Waals surface area contributed by atoms with Crippen LogP contribution in [0, 0.1) is 11.2 Å². The molecule has 1 aromatic rings. The van der Waals surface area contributed by atoms with Gasteiger partial charge in [-0.1, -0.05) is 12.1 Å². The summed E-state index contributed by atoms with van der Waals surface area (Å²) in [6.07, 6.45) is 2.70. The summed E-state index contributed by atoms with van der Waals surface area (Å²) in [5.41, 5.74) is -0.760. The van der Waals surface area contributed by atoms with Gasteiger partial charge in [-0.15, -0.1) is 0 Å². The second kappa shape index (κ2) is 5.71. The standard InChI is InChI=1S/C18H22FNO3/c1-13(21)18(6-7-18)16(22)20-10-8-17(23,9-11-20)12-14-2-4-15(19)5-3-14/h2-5,23H,6-12H2,1H3. The molecule has 1 aromatic carbocycles. The first kappa shape index (κ1) is 16.1. The Bertz CT molecular complexity index is 614. The fourth-order valence-electron chi connectivity index (χ4n) is 3.43. The molecule has 3 rings (SSSR count). The molecule has 0 unspecified atom stereocenters. The molecule has 1 amide bonds. The Morgan fingerprint density at radius 2 is 1.70 bits per heavy atom. The van der Waals surface area contributed by atoms with Crippen molar-refractivity contribution in [2.45, 2.75) is 44.6 Å². The summed E-state index contributed by atoms with van der Waals surface area (Å²) in [5.74, 6) is -0.413. The highest BCUT2D eigenvalue weighted by Gasteiger charge is 2.56. The number of amides is 1. The molecule has 4 nitrogen and oxygen atoms in total. The summed E-state index contributed by atoms with van der Waals surface area (Å²) in [6.45, 7) is 2.41. The lowest BCUT2D eigenvalue weighted by atomic mass is 9.84. The van der Waals surface area contributed by atoms with Crippen LogP contribution in [0.1, 0.15) is 38.2 Å². The first-order valence-corrected chi connectivity index (χ1v) is 8.12. The molecule has 2 fully saturated rings. The fourth-order valence-corrected chi connectivity index (χ4v) is 3.43. The van der Waals surface area contributed by atoms with Crippen molar-refractivity contribution >= 4 is 11.7 Å². The Kier molecular flexibility index (Phi) is 4.00. The molecule has 0 atom stereocenters. The molecule has 1 N–H and O–H groups in total. The Morgan fingerprint density at radius 1 is 1.13 bits per heavy atom. The number of rotatable bonds is 4. The number of likely N-dealkylation sites (tertiary alicyclic amines) is 1. The Labute approximate surface area is 135 Å². The van der Waals surface area contributed by atoms with Crippen LogP contribution >= 0.6 is 0 Å². The zero-order valence-electron chi connectivity index (χ0n) is 13.3. The molecule has 1 saturated carbocycles. The molecule has 1 aliphatic heterocycles. The summed E-state index contributed by atoms with van der Waals surface area (Å²) in [4.78, 5) is 25.9. The van der Waals surface area contributed by atoms with E-state index in [1.54, 1.807) is 17.0 Å². The van der Waals surface area contributed by atoms with E-state index in [4.69, 9.17) is 0 Å². The molecule has 0 aromatic heterocycles. The van der Waals surface area contributed by atoms with E-state index >= 15 is 0 Å². The molecule has 1 saturated heterocycles. The van der Waals surface area contributed by atoms with Crippen molar-refractivity contribution in [1.29, 1.82) is 0 Å². The number of aliphatic hydroxyl groups is 1. The highest BCUT2D eigenvalue weighted by molar-refractivity contribution is 6.07. The van der Waals surface area contributed by atoms with Crippen LogP contribution in [0.4, 0.5) is 4.39 Å². The van der Waals surface area contributed by atoms with E-state index in [2.05, 4.69) is 0 Å². The SMILES string of the molecule is CC(=O)C1(C(=O)N2CCC(O)(Cc3ccc(F)cc3)CC2)CC1. The summed E-state index contributed by atoms with van der Waals surface area (Å²) in [7, 11) is 0. The van der Waals surface area contributed by atoms with Gasteiger partial charge in [0, 0.05) is 19.5 Å². The zero-order chi connectivity index (χ0) is 16.7. The van der Waals surface area contributed by atoms with E-state index in [1.807, 2.05) is 0 Å². The molecular formula is C18H22FNO3. The van der Waals surface area contributed by atoms with Crippen LogP contribution in [0.3, 0.4) is 0 Å². The lowest BCUT2D eigenvalue weighted by molar-refractivity contribution is -0.145. The van der Waals surface area contributed by atoms with Gasteiger partial charge in [0.25, 0.3) is 0 Å². The molecule has 2 aliphatic rings. The molecule has 23 heavy (non-hydrogen) atoms. The maximum atomic E-state index is 12.9. The Hall–Kier alpha value is -1.75. The molecule has 0 spiro atoms. The van der Waals surface area contributed by atoms with Crippen LogP contribution in [-0.2, 0) is 16.0 Å². The average molecular weight is 319 g/mol.